The summed E-state index contributed by atoms with van der Waals surface area (Å²) in [7, 11) is 0. The van der Waals surface area contributed by atoms with Crippen molar-refractivity contribution in [3.63, 3.8) is 0 Å². The van der Waals surface area contributed by atoms with Gasteiger partial charge in [0.25, 0.3) is 0 Å². The summed E-state index contributed by atoms with van der Waals surface area (Å²) in [5, 5.41) is 0. The zero-order valence-corrected chi connectivity index (χ0v) is 7.34. The molecule has 0 aromatic heterocycles. The summed E-state index contributed by atoms with van der Waals surface area (Å²) < 4.78 is 0. The normalized spacial score (nSPS) is 0. The Kier molecular flexibility index (Phi) is 104. The van der Waals surface area contributed by atoms with Gasteiger partial charge in [-0.1, -0.05) is 0 Å². The second-order valence-electron chi connectivity index (χ2n) is 0. The van der Waals surface area contributed by atoms with Crippen LogP contribution in [0.4, 0.5) is 0 Å². The van der Waals surface area contributed by atoms with Crippen LogP contribution in [0.25, 0.3) is 0 Å². The van der Waals surface area contributed by atoms with Crippen LogP contribution in [-0.2, 0) is 27.3 Å². The van der Waals surface area contributed by atoms with E-state index in [0.717, 1.165) is 0 Å². The third kappa shape index (κ3) is 9.07. The molecule has 0 fully saturated rings. The monoisotopic (exact) mass is 364 g/mol. The summed E-state index contributed by atoms with van der Waals surface area (Å²) in [5.74, 6) is 0. The molecule has 0 aliphatic heterocycles. The molecule has 0 radical (unpaired) electrons. The van der Waals surface area contributed by atoms with Gasteiger partial charge in [-0.05, 0) is 0 Å². The van der Waals surface area contributed by atoms with Crippen molar-refractivity contribution in [3.8, 4) is 0 Å². The Morgan fingerprint density at radius 1 is 1.00 bits per heavy atom. The molecule has 0 saturated heterocycles. The van der Waals surface area contributed by atoms with E-state index in [1.54, 1.807) is 0 Å². The van der Waals surface area contributed by atoms with Gasteiger partial charge in [-0.2, -0.15) is 0 Å². The Bertz CT molecular complexity index is 8.00. The summed E-state index contributed by atoms with van der Waals surface area (Å²) in [4.78, 5) is 0. The van der Waals surface area contributed by atoms with Gasteiger partial charge in [0.15, 0.2) is 0 Å². The molecule has 0 aromatic rings. The van der Waals surface area contributed by atoms with Crippen molar-refractivity contribution in [2.75, 3.05) is 0 Å². The van der Waals surface area contributed by atoms with E-state index >= 15 is 0 Å². The zero-order valence-electron chi connectivity index (χ0n) is 1.21. The van der Waals surface area contributed by atoms with Gasteiger partial charge in [0, 0.05) is 27.3 Å². The fourth-order valence-corrected chi connectivity index (χ4v) is 0. The summed E-state index contributed by atoms with van der Waals surface area (Å²) in [6, 6.07) is 0. The molecule has 0 atom stereocenters. The quantitative estimate of drug-likeness (QED) is 0.398. The Morgan fingerprint density at radius 2 is 1.00 bits per heavy atom. The van der Waals surface area contributed by atoms with E-state index in [2.05, 4.69) is 0 Å². The van der Waals surface area contributed by atoms with Crippen LogP contribution in [0.2, 0.25) is 0 Å². The molecular weight excluding hydrogens is 352 g/mol. The zero-order chi connectivity index (χ0) is 0. The van der Waals surface area contributed by atoms with Crippen LogP contribution in [0, 0.1) is 0 Å². The number of hydrogen-bond acceptors (Lipinski definition) is 0. The predicted octanol–water partition coefficient (Wildman–Crippen LogP) is -3.29. The van der Waals surface area contributed by atoms with E-state index in [-0.39, 0.29) is 107 Å². The molecule has 0 aromatic carbocycles. The molecule has 0 amide bonds. The first kappa shape index (κ1) is 26.0. The number of rotatable bonds is 0. The topological polar surface area (TPSA) is 0 Å². The third-order valence-electron chi connectivity index (χ3n) is 0. The van der Waals surface area contributed by atoms with Gasteiger partial charge in [-0.15, -0.1) is 0 Å². The van der Waals surface area contributed by atoms with Gasteiger partial charge < -0.3 is 0 Å². The molecule has 4 heteroatoms. The maximum absolute atomic E-state index is 0. The van der Waals surface area contributed by atoms with Crippen molar-refractivity contribution < 1.29 is 27.3 Å². The van der Waals surface area contributed by atoms with Gasteiger partial charge in [-0.3, -0.25) is 0 Å². The van der Waals surface area contributed by atoms with Crippen molar-refractivity contribution >= 4 is 80.1 Å². The molecule has 0 bridgehead atoms. The first-order valence-electron chi connectivity index (χ1n) is 0. The van der Waals surface area contributed by atoms with Crippen LogP contribution in [-0.4, -0.2) is 80.1 Å². The fraction of sp³-hybridized carbons (Fsp3) is 0. The van der Waals surface area contributed by atoms with Crippen LogP contribution in [0.1, 0.15) is 0 Å². The summed E-state index contributed by atoms with van der Waals surface area (Å²) in [6.45, 7) is 0. The minimum absolute atomic E-state index is 0. The molecule has 0 saturated carbocycles. The van der Waals surface area contributed by atoms with Crippen molar-refractivity contribution in [1.29, 1.82) is 0 Å². The molecule has 0 spiro atoms. The first-order chi connectivity index (χ1) is 0. The van der Waals surface area contributed by atoms with E-state index in [9.17, 15) is 0 Å². The van der Waals surface area contributed by atoms with Gasteiger partial charge in [0.05, 0.1) is 0 Å². The molecule has 22 valence electrons. The molecule has 0 aliphatic rings. The molecule has 0 N–H and O–H groups in total. The Labute approximate surface area is 105 Å². The molecule has 0 rings (SSSR count). The van der Waals surface area contributed by atoms with E-state index in [0.29, 0.717) is 0 Å². The number of hydrogen-bond donors (Lipinski definition) is 0. The standard InChI is InChI=1S/Cd.GeH4.H2Se.Sr.2H/h;1H4;1H2;;;. The second-order valence-corrected chi connectivity index (χ2v) is 0. The van der Waals surface area contributed by atoms with E-state index in [1.165, 1.54) is 0 Å². The summed E-state index contributed by atoms with van der Waals surface area (Å²) in [6.07, 6.45) is 0. The van der Waals surface area contributed by atoms with Crippen LogP contribution >= 0.6 is 0 Å². The van der Waals surface area contributed by atoms with Crippen LogP contribution in [0.15, 0.2) is 0 Å². The first-order valence-corrected chi connectivity index (χ1v) is 0. The second kappa shape index (κ2) is 16.1. The summed E-state index contributed by atoms with van der Waals surface area (Å²) in [5.41, 5.74) is 0. The van der Waals surface area contributed by atoms with Crippen molar-refractivity contribution in [2.24, 2.45) is 0 Å². The van der Waals surface area contributed by atoms with Gasteiger partial charge in [-0.25, -0.2) is 0 Å². The van der Waals surface area contributed by atoms with E-state index in [1.807, 2.05) is 0 Å². The van der Waals surface area contributed by atoms with Gasteiger partial charge >= 0.3 is 80.1 Å². The van der Waals surface area contributed by atoms with E-state index in [4.69, 9.17) is 0 Å². The predicted molar refractivity (Wildman–Crippen MR) is 28.4 cm³/mol. The van der Waals surface area contributed by atoms with Gasteiger partial charge in [0.2, 0.25) is 0 Å². The fourth-order valence-electron chi connectivity index (χ4n) is 0. The Morgan fingerprint density at radius 3 is 1.00 bits per heavy atom. The minimum atomic E-state index is 0. The molecule has 0 nitrogen and oxygen atoms in total. The van der Waals surface area contributed by atoms with Crippen LogP contribution < -0.4 is 0 Å². The van der Waals surface area contributed by atoms with Crippen molar-refractivity contribution in [1.82, 2.24) is 0 Å². The molecule has 0 unspecified atom stereocenters. The van der Waals surface area contributed by atoms with Crippen LogP contribution in [0.5, 0.6) is 0 Å². The SMILES string of the molecule is [Cd].[GeH4].[SeH2].[SrH2]. The van der Waals surface area contributed by atoms with Gasteiger partial charge in [0.1, 0.15) is 0 Å². The maximum atomic E-state index is 0. The molecule has 0 heterocycles. The van der Waals surface area contributed by atoms with Crippen molar-refractivity contribution in [3.05, 3.63) is 0 Å². The molecule has 4 heavy (non-hydrogen) atoms. The third-order valence-corrected chi connectivity index (χ3v) is 0. The Hall–Kier alpha value is 3.46. The molecule has 0 aliphatic carbocycles. The van der Waals surface area contributed by atoms with E-state index < -0.39 is 0 Å². The molecular formula is H8CdGeSeSr. The van der Waals surface area contributed by atoms with Crippen molar-refractivity contribution in [2.45, 2.75) is 0 Å². The summed E-state index contributed by atoms with van der Waals surface area (Å²) >= 11 is 0. The average molecular weight is 360 g/mol. The Balaban J connectivity index is 0. The average Bonchev–Trinajstić information content (AvgIpc) is 0. The van der Waals surface area contributed by atoms with Crippen LogP contribution in [0.3, 0.4) is 0 Å².